The van der Waals surface area contributed by atoms with Gasteiger partial charge in [0.25, 0.3) is 5.56 Å². The zero-order valence-electron chi connectivity index (χ0n) is 13.6. The van der Waals surface area contributed by atoms with Crippen LogP contribution in [0.4, 0.5) is 0 Å². The molecular formula is C17H21N3O2S. The molecule has 1 amide bonds. The molecule has 0 saturated carbocycles. The van der Waals surface area contributed by atoms with E-state index in [1.165, 1.54) is 17.3 Å². The molecule has 122 valence electrons. The number of amides is 1. The lowest BCUT2D eigenvalue weighted by Crippen LogP contribution is -2.28. The molecule has 1 aromatic heterocycles. The van der Waals surface area contributed by atoms with Crippen molar-refractivity contribution in [2.45, 2.75) is 37.6 Å². The molecule has 0 aliphatic heterocycles. The molecule has 5 nitrogen and oxygen atoms in total. The fourth-order valence-corrected chi connectivity index (χ4v) is 3.20. The number of aromatic nitrogens is 2. The standard InChI is InChI=1S/C17H21N3O2S/c1-4-18-15(21)10-14-11(2)19-17(20-16(14)22)23-12(3)13-8-6-5-7-9-13/h5-9,12H,4,10H2,1-3H3,(H,18,21)(H,19,20,22). The number of aromatic amines is 1. The Morgan fingerprint density at radius 2 is 2.04 bits per heavy atom. The molecule has 2 aromatic rings. The van der Waals surface area contributed by atoms with Crippen LogP contribution in [0.3, 0.4) is 0 Å². The lowest BCUT2D eigenvalue weighted by Gasteiger charge is -2.12. The van der Waals surface area contributed by atoms with Gasteiger partial charge in [-0.05, 0) is 26.3 Å². The Kier molecular flexibility index (Phi) is 5.98. The van der Waals surface area contributed by atoms with Crippen molar-refractivity contribution in [3.63, 3.8) is 0 Å². The number of nitrogens with zero attached hydrogens (tertiary/aromatic N) is 1. The second-order valence-corrected chi connectivity index (χ2v) is 6.57. The topological polar surface area (TPSA) is 74.8 Å². The predicted molar refractivity (Wildman–Crippen MR) is 92.7 cm³/mol. The Labute approximate surface area is 139 Å². The summed E-state index contributed by atoms with van der Waals surface area (Å²) in [6.45, 7) is 6.22. The molecule has 23 heavy (non-hydrogen) atoms. The number of carbonyl (C=O) groups excluding carboxylic acids is 1. The van der Waals surface area contributed by atoms with Crippen LogP contribution >= 0.6 is 11.8 Å². The van der Waals surface area contributed by atoms with E-state index in [4.69, 9.17) is 0 Å². The average molecular weight is 331 g/mol. The van der Waals surface area contributed by atoms with E-state index in [0.717, 1.165) is 0 Å². The molecule has 2 rings (SSSR count). The summed E-state index contributed by atoms with van der Waals surface area (Å²) in [6.07, 6.45) is 0.0567. The van der Waals surface area contributed by atoms with Crippen LogP contribution in [0.2, 0.25) is 0 Å². The Balaban J connectivity index is 2.16. The van der Waals surface area contributed by atoms with E-state index >= 15 is 0 Å². The van der Waals surface area contributed by atoms with Gasteiger partial charge in [-0.3, -0.25) is 9.59 Å². The van der Waals surface area contributed by atoms with Crippen LogP contribution in [0.5, 0.6) is 0 Å². The number of nitrogens with one attached hydrogen (secondary N) is 2. The molecule has 0 fully saturated rings. The van der Waals surface area contributed by atoms with Crippen molar-refractivity contribution in [2.24, 2.45) is 0 Å². The highest BCUT2D eigenvalue weighted by atomic mass is 32.2. The molecule has 0 aliphatic carbocycles. The summed E-state index contributed by atoms with van der Waals surface area (Å²) in [4.78, 5) is 31.1. The lowest BCUT2D eigenvalue weighted by molar-refractivity contribution is -0.120. The van der Waals surface area contributed by atoms with Crippen molar-refractivity contribution in [2.75, 3.05) is 6.54 Å². The van der Waals surface area contributed by atoms with E-state index in [9.17, 15) is 9.59 Å². The first kappa shape index (κ1) is 17.3. The quantitative estimate of drug-likeness (QED) is 0.630. The maximum absolute atomic E-state index is 12.2. The number of benzene rings is 1. The monoisotopic (exact) mass is 331 g/mol. The summed E-state index contributed by atoms with van der Waals surface area (Å²) in [7, 11) is 0. The average Bonchev–Trinajstić information content (AvgIpc) is 2.52. The van der Waals surface area contributed by atoms with Crippen LogP contribution < -0.4 is 10.9 Å². The van der Waals surface area contributed by atoms with Gasteiger partial charge in [-0.25, -0.2) is 4.98 Å². The highest BCUT2D eigenvalue weighted by molar-refractivity contribution is 7.99. The van der Waals surface area contributed by atoms with Gasteiger partial charge in [0.1, 0.15) is 0 Å². The molecular weight excluding hydrogens is 310 g/mol. The molecule has 1 atom stereocenters. The molecule has 0 spiro atoms. The Morgan fingerprint density at radius 3 is 2.65 bits per heavy atom. The molecule has 2 N–H and O–H groups in total. The normalized spacial score (nSPS) is 12.0. The third-order valence-electron chi connectivity index (χ3n) is 3.47. The van der Waals surface area contributed by atoms with Crippen LogP contribution in [0, 0.1) is 6.92 Å². The van der Waals surface area contributed by atoms with Crippen molar-refractivity contribution >= 4 is 17.7 Å². The summed E-state index contributed by atoms with van der Waals surface area (Å²) in [5, 5.41) is 3.44. The maximum atomic E-state index is 12.2. The molecule has 0 bridgehead atoms. The highest BCUT2D eigenvalue weighted by Gasteiger charge is 2.14. The number of H-pyrrole nitrogens is 1. The molecule has 1 unspecified atom stereocenters. The SMILES string of the molecule is CCNC(=O)Cc1c(C)nc(SC(C)c2ccccc2)[nH]c1=O. The second-order valence-electron chi connectivity index (χ2n) is 5.24. The van der Waals surface area contributed by atoms with Gasteiger partial charge < -0.3 is 10.3 Å². The van der Waals surface area contributed by atoms with E-state index < -0.39 is 0 Å². The van der Waals surface area contributed by atoms with Gasteiger partial charge in [0.05, 0.1) is 6.42 Å². The summed E-state index contributed by atoms with van der Waals surface area (Å²) < 4.78 is 0. The number of likely N-dealkylation sites (N-methyl/N-ethyl adjacent to an activating group) is 1. The molecule has 1 aromatic carbocycles. The summed E-state index contributed by atoms with van der Waals surface area (Å²) in [5.41, 5.74) is 1.95. The lowest BCUT2D eigenvalue weighted by atomic mass is 10.1. The molecule has 0 aliphatic rings. The first-order valence-corrected chi connectivity index (χ1v) is 8.47. The molecule has 6 heteroatoms. The van der Waals surface area contributed by atoms with Gasteiger partial charge in [-0.1, -0.05) is 42.1 Å². The van der Waals surface area contributed by atoms with Gasteiger partial charge in [-0.2, -0.15) is 0 Å². The molecule has 1 heterocycles. The largest absolute Gasteiger partial charge is 0.356 e. The van der Waals surface area contributed by atoms with Crippen molar-refractivity contribution in [1.29, 1.82) is 0 Å². The number of thioether (sulfide) groups is 1. The summed E-state index contributed by atoms with van der Waals surface area (Å²) in [6, 6.07) is 10.0. The Bertz CT molecular complexity index is 728. The Morgan fingerprint density at radius 1 is 1.35 bits per heavy atom. The highest BCUT2D eigenvalue weighted by Crippen LogP contribution is 2.32. The van der Waals surface area contributed by atoms with E-state index in [2.05, 4.69) is 22.2 Å². The van der Waals surface area contributed by atoms with Crippen molar-refractivity contribution in [3.05, 3.63) is 57.5 Å². The minimum atomic E-state index is -0.244. The Hall–Kier alpha value is -2.08. The number of carbonyl (C=O) groups is 1. The first-order chi connectivity index (χ1) is 11.0. The van der Waals surface area contributed by atoms with Crippen LogP contribution in [-0.2, 0) is 11.2 Å². The van der Waals surface area contributed by atoms with Crippen LogP contribution in [0.15, 0.2) is 40.3 Å². The van der Waals surface area contributed by atoms with Crippen LogP contribution in [0.25, 0.3) is 0 Å². The van der Waals surface area contributed by atoms with Gasteiger partial charge in [0, 0.05) is 23.1 Å². The summed E-state index contributed by atoms with van der Waals surface area (Å²) >= 11 is 1.50. The molecule has 0 radical (unpaired) electrons. The van der Waals surface area contributed by atoms with Crippen molar-refractivity contribution in [1.82, 2.24) is 15.3 Å². The zero-order chi connectivity index (χ0) is 16.8. The minimum absolute atomic E-state index is 0.0567. The second kappa shape index (κ2) is 7.97. The van der Waals surface area contributed by atoms with E-state index in [-0.39, 0.29) is 23.1 Å². The number of rotatable bonds is 6. The summed E-state index contributed by atoms with van der Waals surface area (Å²) in [5.74, 6) is -0.166. The van der Waals surface area contributed by atoms with Crippen molar-refractivity contribution in [3.8, 4) is 0 Å². The smallest absolute Gasteiger partial charge is 0.255 e. The number of aryl methyl sites for hydroxylation is 1. The number of hydrogen-bond donors (Lipinski definition) is 2. The predicted octanol–water partition coefficient (Wildman–Crippen LogP) is 2.61. The fraction of sp³-hybridized carbons (Fsp3) is 0.353. The maximum Gasteiger partial charge on any atom is 0.255 e. The van der Waals surface area contributed by atoms with Gasteiger partial charge >= 0.3 is 0 Å². The van der Waals surface area contributed by atoms with Gasteiger partial charge in [0.15, 0.2) is 5.16 Å². The van der Waals surface area contributed by atoms with Crippen molar-refractivity contribution < 1.29 is 4.79 Å². The van der Waals surface area contributed by atoms with E-state index in [1.54, 1.807) is 6.92 Å². The minimum Gasteiger partial charge on any atom is -0.356 e. The molecule has 0 saturated heterocycles. The third-order valence-corrected chi connectivity index (χ3v) is 4.51. The van der Waals surface area contributed by atoms with E-state index in [0.29, 0.717) is 23.0 Å². The van der Waals surface area contributed by atoms with Gasteiger partial charge in [0.2, 0.25) is 5.91 Å². The zero-order valence-corrected chi connectivity index (χ0v) is 14.4. The van der Waals surface area contributed by atoms with E-state index in [1.807, 2.05) is 37.3 Å². The van der Waals surface area contributed by atoms with Crippen LogP contribution in [0.1, 0.15) is 35.9 Å². The number of hydrogen-bond acceptors (Lipinski definition) is 4. The van der Waals surface area contributed by atoms with Gasteiger partial charge in [-0.15, -0.1) is 0 Å². The third kappa shape index (κ3) is 4.69. The van der Waals surface area contributed by atoms with Crippen LogP contribution in [-0.4, -0.2) is 22.4 Å². The first-order valence-electron chi connectivity index (χ1n) is 7.59. The fourth-order valence-electron chi connectivity index (χ4n) is 2.23.